The van der Waals surface area contributed by atoms with Gasteiger partial charge in [-0.3, -0.25) is 4.79 Å². The van der Waals surface area contributed by atoms with Crippen molar-refractivity contribution in [2.45, 2.75) is 18.9 Å². The molecular weight excluding hydrogens is 242 g/mol. The minimum atomic E-state index is -0.0803. The molecule has 0 unspecified atom stereocenters. The number of amides is 1. The van der Waals surface area contributed by atoms with E-state index in [0.717, 1.165) is 30.2 Å². The third-order valence-electron chi connectivity index (χ3n) is 3.76. The average Bonchev–Trinajstić information content (AvgIpc) is 2.47. The highest BCUT2D eigenvalue weighted by atomic mass is 16.1. The van der Waals surface area contributed by atoms with Crippen LogP contribution in [-0.2, 0) is 4.79 Å². The number of aromatic nitrogens is 2. The molecule has 0 saturated carbocycles. The zero-order valence-corrected chi connectivity index (χ0v) is 10.6. The van der Waals surface area contributed by atoms with E-state index in [1.165, 1.54) is 0 Å². The molecule has 3 rings (SSSR count). The summed E-state index contributed by atoms with van der Waals surface area (Å²) in [5.74, 6) is 0. The van der Waals surface area contributed by atoms with Crippen molar-refractivity contribution in [3.05, 3.63) is 40.9 Å². The molecule has 1 aliphatic rings. The Morgan fingerprint density at radius 1 is 1.26 bits per heavy atom. The molecule has 1 aromatic carbocycles. The van der Waals surface area contributed by atoms with Crippen molar-refractivity contribution in [2.75, 3.05) is 13.1 Å². The third-order valence-corrected chi connectivity index (χ3v) is 3.76. The molecule has 5 heteroatoms. The van der Waals surface area contributed by atoms with E-state index in [2.05, 4.69) is 4.98 Å². The minimum Gasteiger partial charge on any atom is -0.345 e. The number of nitrogens with zero attached hydrogens (tertiary/aromatic N) is 2. The summed E-state index contributed by atoms with van der Waals surface area (Å²) in [5.41, 5.74) is 0.775. The summed E-state index contributed by atoms with van der Waals surface area (Å²) < 4.78 is 1.77. The number of nitrogens with one attached hydrogen (secondary N) is 1. The average molecular weight is 258 g/mol. The Labute approximate surface area is 110 Å². The Morgan fingerprint density at radius 3 is 2.74 bits per heavy atom. The highest BCUT2D eigenvalue weighted by Crippen LogP contribution is 2.16. The summed E-state index contributed by atoms with van der Waals surface area (Å²) in [6.07, 6.45) is 4.44. The number of rotatable bonds is 2. The van der Waals surface area contributed by atoms with Gasteiger partial charge >= 0.3 is 5.69 Å². The Hall–Kier alpha value is -2.17. The molecule has 2 heterocycles. The number of carbonyl (C=O) groups excluding carboxylic acids is 1. The quantitative estimate of drug-likeness (QED) is 0.634. The fourth-order valence-electron chi connectivity index (χ4n) is 2.65. The van der Waals surface area contributed by atoms with Crippen molar-refractivity contribution in [1.82, 2.24) is 9.88 Å². The second kappa shape index (κ2) is 4.84. The molecule has 1 aromatic heterocycles. The summed E-state index contributed by atoms with van der Waals surface area (Å²) in [4.78, 5) is 27.5. The maximum Gasteiger partial charge on any atom is 0.496 e. The molecule has 1 aliphatic heterocycles. The van der Waals surface area contributed by atoms with Crippen molar-refractivity contribution in [3.8, 4) is 0 Å². The molecule has 2 aromatic rings. The lowest BCUT2D eigenvalue weighted by atomic mass is 10.1. The van der Waals surface area contributed by atoms with Crippen LogP contribution in [0.2, 0.25) is 0 Å². The second-order valence-electron chi connectivity index (χ2n) is 4.93. The van der Waals surface area contributed by atoms with Crippen LogP contribution < -0.4 is 10.3 Å². The number of benzene rings is 1. The monoisotopic (exact) mass is 258 g/mol. The molecule has 1 saturated heterocycles. The number of carbonyl (C=O) groups is 1. The van der Waals surface area contributed by atoms with E-state index in [-0.39, 0.29) is 11.7 Å². The molecular formula is C14H16N3O2+. The zero-order chi connectivity index (χ0) is 13.2. The van der Waals surface area contributed by atoms with Crippen molar-refractivity contribution in [2.24, 2.45) is 0 Å². The third kappa shape index (κ3) is 2.23. The zero-order valence-electron chi connectivity index (χ0n) is 10.6. The summed E-state index contributed by atoms with van der Waals surface area (Å²) >= 11 is 0. The van der Waals surface area contributed by atoms with Crippen LogP contribution in [0.4, 0.5) is 0 Å². The van der Waals surface area contributed by atoms with E-state index in [9.17, 15) is 9.59 Å². The number of para-hydroxylation sites is 1. The van der Waals surface area contributed by atoms with Crippen molar-refractivity contribution >= 4 is 17.3 Å². The van der Waals surface area contributed by atoms with Gasteiger partial charge in [-0.1, -0.05) is 12.1 Å². The molecule has 0 spiro atoms. The molecule has 98 valence electrons. The maximum atomic E-state index is 12.1. The molecule has 0 atom stereocenters. The molecule has 5 nitrogen and oxygen atoms in total. The van der Waals surface area contributed by atoms with Gasteiger partial charge in [0.05, 0.1) is 5.39 Å². The Balaban J connectivity index is 1.94. The predicted molar refractivity (Wildman–Crippen MR) is 70.7 cm³/mol. The number of piperidine rings is 1. The van der Waals surface area contributed by atoms with Gasteiger partial charge in [0, 0.05) is 25.9 Å². The van der Waals surface area contributed by atoms with Gasteiger partial charge in [0.25, 0.3) is 0 Å². The molecule has 0 bridgehead atoms. The van der Waals surface area contributed by atoms with E-state index in [0.29, 0.717) is 13.1 Å². The Kier molecular flexibility index (Phi) is 3.03. The van der Waals surface area contributed by atoms with Gasteiger partial charge in [-0.25, -0.2) is 4.98 Å². The van der Waals surface area contributed by atoms with Crippen LogP contribution in [0.1, 0.15) is 18.9 Å². The van der Waals surface area contributed by atoms with E-state index in [4.69, 9.17) is 0 Å². The smallest absolute Gasteiger partial charge is 0.345 e. The van der Waals surface area contributed by atoms with Crippen LogP contribution >= 0.6 is 0 Å². The molecule has 1 amide bonds. The number of hydrogen-bond acceptors (Lipinski definition) is 2. The number of H-pyrrole nitrogens is 1. The fraction of sp³-hybridized carbons (Fsp3) is 0.357. The van der Waals surface area contributed by atoms with Gasteiger partial charge in [-0.15, -0.1) is 0 Å². The van der Waals surface area contributed by atoms with Gasteiger partial charge in [-0.2, -0.15) is 9.36 Å². The molecule has 1 N–H and O–H groups in total. The predicted octanol–water partition coefficient (Wildman–Crippen LogP) is 0.609. The molecule has 0 aliphatic carbocycles. The first-order chi connectivity index (χ1) is 9.28. The first-order valence-corrected chi connectivity index (χ1v) is 6.50. The lowest BCUT2D eigenvalue weighted by Crippen LogP contribution is -2.57. The van der Waals surface area contributed by atoms with Crippen molar-refractivity contribution < 1.29 is 9.36 Å². The summed E-state index contributed by atoms with van der Waals surface area (Å²) in [6, 6.07) is 7.92. The van der Waals surface area contributed by atoms with Crippen LogP contribution in [0.25, 0.3) is 10.9 Å². The van der Waals surface area contributed by atoms with Crippen molar-refractivity contribution in [3.63, 3.8) is 0 Å². The van der Waals surface area contributed by atoms with E-state index in [1.54, 1.807) is 9.47 Å². The summed E-state index contributed by atoms with van der Waals surface area (Å²) in [7, 11) is 0. The second-order valence-corrected chi connectivity index (χ2v) is 4.93. The van der Waals surface area contributed by atoms with Crippen LogP contribution in [-0.4, -0.2) is 29.4 Å². The Morgan fingerprint density at radius 2 is 2.00 bits per heavy atom. The largest absolute Gasteiger partial charge is 0.496 e. The van der Waals surface area contributed by atoms with Gasteiger partial charge in [-0.05, 0) is 12.1 Å². The molecule has 19 heavy (non-hydrogen) atoms. The normalized spacial score (nSPS) is 16.7. The van der Waals surface area contributed by atoms with E-state index in [1.807, 2.05) is 30.5 Å². The number of likely N-dealkylation sites (tertiary alicyclic amines) is 1. The summed E-state index contributed by atoms with van der Waals surface area (Å²) in [5, 5.41) is 1.03. The minimum absolute atomic E-state index is 0.0803. The first-order valence-electron chi connectivity index (χ1n) is 6.50. The van der Waals surface area contributed by atoms with Crippen LogP contribution in [0.5, 0.6) is 0 Å². The lowest BCUT2D eigenvalue weighted by molar-refractivity contribution is -0.740. The van der Waals surface area contributed by atoms with E-state index >= 15 is 0 Å². The van der Waals surface area contributed by atoms with Crippen LogP contribution in [0.15, 0.2) is 35.3 Å². The number of hydrogen-bond donors (Lipinski definition) is 1. The first kappa shape index (κ1) is 11.9. The van der Waals surface area contributed by atoms with Gasteiger partial charge in [0.1, 0.15) is 17.8 Å². The molecule has 0 radical (unpaired) electrons. The van der Waals surface area contributed by atoms with E-state index < -0.39 is 0 Å². The fourth-order valence-corrected chi connectivity index (χ4v) is 2.65. The van der Waals surface area contributed by atoms with Gasteiger partial charge in [0.2, 0.25) is 6.41 Å². The maximum absolute atomic E-state index is 12.1. The summed E-state index contributed by atoms with van der Waals surface area (Å²) in [6.45, 7) is 1.43. The standard InChI is InChI=1S/C14H15N3O2/c18-10-16-7-5-12(6-8-16)17-9-11-3-1-2-4-13(11)15-14(17)19/h1-4,9-10,12H,5-8H2/p+1. The lowest BCUT2D eigenvalue weighted by Gasteiger charge is -2.27. The highest BCUT2D eigenvalue weighted by Gasteiger charge is 2.25. The van der Waals surface area contributed by atoms with Crippen molar-refractivity contribution in [1.29, 1.82) is 0 Å². The van der Waals surface area contributed by atoms with Crippen LogP contribution in [0, 0.1) is 0 Å². The molecule has 1 fully saturated rings. The van der Waals surface area contributed by atoms with Gasteiger partial charge < -0.3 is 4.90 Å². The SMILES string of the molecule is O=CN1CCC([n+]2cc3ccccc3[nH]c2=O)CC1. The topological polar surface area (TPSA) is 57.1 Å². The number of aromatic amines is 1. The highest BCUT2D eigenvalue weighted by molar-refractivity contribution is 5.76. The number of fused-ring (bicyclic) bond motifs is 1. The Bertz CT molecular complexity index is 657. The van der Waals surface area contributed by atoms with Crippen LogP contribution in [0.3, 0.4) is 0 Å². The van der Waals surface area contributed by atoms with Gasteiger partial charge in [0.15, 0.2) is 0 Å².